The Labute approximate surface area is 78.6 Å². The van der Waals surface area contributed by atoms with Crippen LogP contribution in [0, 0.1) is 0 Å². The highest BCUT2D eigenvalue weighted by Gasteiger charge is 1.99. The van der Waals surface area contributed by atoms with Crippen LogP contribution in [0.4, 0.5) is 4.39 Å². The molecule has 0 saturated carbocycles. The average molecular weight is 191 g/mol. The monoisotopic (exact) mass is 191 g/mol. The predicted octanol–water partition coefficient (Wildman–Crippen LogP) is 1.28. The maximum Gasteiger partial charge on any atom is 0.305 e. The second kappa shape index (κ2) is 9.45. The van der Waals surface area contributed by atoms with Gasteiger partial charge in [-0.3, -0.25) is 9.18 Å². The van der Waals surface area contributed by atoms with E-state index in [1.54, 1.807) is 6.92 Å². The van der Waals surface area contributed by atoms with Crippen molar-refractivity contribution in [2.24, 2.45) is 0 Å². The van der Waals surface area contributed by atoms with E-state index in [9.17, 15) is 9.18 Å². The lowest BCUT2D eigenvalue weighted by Gasteiger charge is -2.02. The normalized spacial score (nSPS) is 10.0. The molecule has 1 N–H and O–H groups in total. The average Bonchev–Trinajstić information content (AvgIpc) is 2.11. The number of carbonyl (C=O) groups is 1. The first kappa shape index (κ1) is 12.4. The van der Waals surface area contributed by atoms with Crippen LogP contribution in [0.25, 0.3) is 0 Å². The minimum Gasteiger partial charge on any atom is -0.466 e. The molecule has 0 aromatic heterocycles. The fraction of sp³-hybridized carbons (Fsp3) is 0.889. The molecule has 4 heteroatoms. The van der Waals surface area contributed by atoms with Gasteiger partial charge in [0.05, 0.1) is 13.3 Å². The maximum absolute atomic E-state index is 11.6. The summed E-state index contributed by atoms with van der Waals surface area (Å²) in [5.74, 6) is -0.158. The van der Waals surface area contributed by atoms with Crippen molar-refractivity contribution in [3.8, 4) is 0 Å². The Morgan fingerprint density at radius 3 is 2.69 bits per heavy atom. The third kappa shape index (κ3) is 9.27. The Morgan fingerprint density at radius 1 is 1.38 bits per heavy atom. The van der Waals surface area contributed by atoms with E-state index in [2.05, 4.69) is 5.32 Å². The first-order chi connectivity index (χ1) is 6.31. The van der Waals surface area contributed by atoms with E-state index in [1.807, 2.05) is 0 Å². The quantitative estimate of drug-likeness (QED) is 0.464. The number of ether oxygens (including phenoxy) is 1. The van der Waals surface area contributed by atoms with Gasteiger partial charge in [-0.15, -0.1) is 0 Å². The SMILES string of the molecule is CCOC(=O)CCCNCCCF. The summed E-state index contributed by atoms with van der Waals surface area (Å²) in [6.45, 7) is 3.37. The van der Waals surface area contributed by atoms with E-state index in [0.29, 0.717) is 26.0 Å². The van der Waals surface area contributed by atoms with Gasteiger partial charge in [-0.2, -0.15) is 0 Å². The van der Waals surface area contributed by atoms with Crippen molar-refractivity contribution in [1.29, 1.82) is 0 Å². The first-order valence-corrected chi connectivity index (χ1v) is 4.73. The van der Waals surface area contributed by atoms with E-state index in [0.717, 1.165) is 13.0 Å². The van der Waals surface area contributed by atoms with Crippen molar-refractivity contribution in [2.45, 2.75) is 26.2 Å². The summed E-state index contributed by atoms with van der Waals surface area (Å²) in [6.07, 6.45) is 1.74. The number of alkyl halides is 1. The Morgan fingerprint density at radius 2 is 2.08 bits per heavy atom. The number of nitrogens with one attached hydrogen (secondary N) is 1. The second-order valence-electron chi connectivity index (χ2n) is 2.70. The molecule has 0 radical (unpaired) electrons. The van der Waals surface area contributed by atoms with Crippen molar-refractivity contribution in [3.63, 3.8) is 0 Å². The van der Waals surface area contributed by atoms with Gasteiger partial charge >= 0.3 is 5.97 Å². The van der Waals surface area contributed by atoms with Gasteiger partial charge in [0, 0.05) is 6.42 Å². The molecule has 0 aromatic rings. The van der Waals surface area contributed by atoms with E-state index >= 15 is 0 Å². The van der Waals surface area contributed by atoms with Crippen LogP contribution in [-0.2, 0) is 9.53 Å². The molecule has 0 aliphatic carbocycles. The van der Waals surface area contributed by atoms with Gasteiger partial charge in [-0.25, -0.2) is 0 Å². The summed E-state index contributed by atoms with van der Waals surface area (Å²) in [7, 11) is 0. The minimum atomic E-state index is -0.287. The third-order valence-electron chi connectivity index (χ3n) is 1.53. The Hall–Kier alpha value is -0.640. The van der Waals surface area contributed by atoms with E-state index < -0.39 is 0 Å². The highest BCUT2D eigenvalue weighted by atomic mass is 19.1. The van der Waals surface area contributed by atoms with Crippen molar-refractivity contribution in [1.82, 2.24) is 5.32 Å². The van der Waals surface area contributed by atoms with Crippen molar-refractivity contribution in [3.05, 3.63) is 0 Å². The molecule has 0 amide bonds. The van der Waals surface area contributed by atoms with Gasteiger partial charge < -0.3 is 10.1 Å². The summed E-state index contributed by atoms with van der Waals surface area (Å²) in [5.41, 5.74) is 0. The molecular formula is C9H18FNO2. The van der Waals surface area contributed by atoms with E-state index in [1.165, 1.54) is 0 Å². The van der Waals surface area contributed by atoms with Gasteiger partial charge in [0.15, 0.2) is 0 Å². The third-order valence-corrected chi connectivity index (χ3v) is 1.53. The topological polar surface area (TPSA) is 38.3 Å². The molecule has 13 heavy (non-hydrogen) atoms. The summed E-state index contributed by atoms with van der Waals surface area (Å²) < 4.78 is 16.4. The van der Waals surface area contributed by atoms with Crippen LogP contribution in [-0.4, -0.2) is 32.3 Å². The zero-order valence-electron chi connectivity index (χ0n) is 8.14. The van der Waals surface area contributed by atoms with Crippen LogP contribution < -0.4 is 5.32 Å². The molecule has 3 nitrogen and oxygen atoms in total. The lowest BCUT2D eigenvalue weighted by molar-refractivity contribution is -0.143. The molecule has 0 aliphatic heterocycles. The molecule has 0 aromatic carbocycles. The van der Waals surface area contributed by atoms with Crippen LogP contribution >= 0.6 is 0 Å². The summed E-state index contributed by atoms with van der Waals surface area (Å²) in [5, 5.41) is 3.04. The molecule has 0 atom stereocenters. The van der Waals surface area contributed by atoms with Gasteiger partial charge in [0.2, 0.25) is 0 Å². The molecule has 0 saturated heterocycles. The Balaban J connectivity index is 3.02. The van der Waals surface area contributed by atoms with Crippen LogP contribution in [0.2, 0.25) is 0 Å². The van der Waals surface area contributed by atoms with Crippen LogP contribution in [0.5, 0.6) is 0 Å². The Bertz CT molecular complexity index is 131. The minimum absolute atomic E-state index is 0.158. The lowest BCUT2D eigenvalue weighted by atomic mass is 10.3. The van der Waals surface area contributed by atoms with Gasteiger partial charge in [-0.05, 0) is 32.9 Å². The van der Waals surface area contributed by atoms with Crippen LogP contribution in [0.1, 0.15) is 26.2 Å². The zero-order valence-corrected chi connectivity index (χ0v) is 8.14. The predicted molar refractivity (Wildman–Crippen MR) is 49.3 cm³/mol. The van der Waals surface area contributed by atoms with Crippen LogP contribution in [0.3, 0.4) is 0 Å². The number of esters is 1. The molecular weight excluding hydrogens is 173 g/mol. The molecule has 0 spiro atoms. The van der Waals surface area contributed by atoms with Crippen molar-refractivity contribution in [2.75, 3.05) is 26.4 Å². The van der Waals surface area contributed by atoms with Gasteiger partial charge in [0.25, 0.3) is 0 Å². The fourth-order valence-electron chi connectivity index (χ4n) is 0.908. The molecule has 0 aliphatic rings. The summed E-state index contributed by atoms with van der Waals surface area (Å²) in [6, 6.07) is 0. The Kier molecular flexibility index (Phi) is 8.98. The molecule has 0 heterocycles. The zero-order chi connectivity index (χ0) is 9.94. The molecule has 0 bridgehead atoms. The van der Waals surface area contributed by atoms with Crippen LogP contribution in [0.15, 0.2) is 0 Å². The molecule has 0 rings (SSSR count). The number of rotatable bonds is 8. The number of carbonyl (C=O) groups excluding carboxylic acids is 1. The number of halogens is 1. The van der Waals surface area contributed by atoms with Crippen molar-refractivity contribution < 1.29 is 13.9 Å². The van der Waals surface area contributed by atoms with E-state index in [4.69, 9.17) is 4.74 Å². The second-order valence-corrected chi connectivity index (χ2v) is 2.70. The first-order valence-electron chi connectivity index (χ1n) is 4.73. The fourth-order valence-corrected chi connectivity index (χ4v) is 0.908. The standard InChI is InChI=1S/C9H18FNO2/c1-2-13-9(12)5-3-7-11-8-4-6-10/h11H,2-8H2,1H3. The van der Waals surface area contributed by atoms with Gasteiger partial charge in [-0.1, -0.05) is 0 Å². The molecule has 78 valence electrons. The molecule has 0 fully saturated rings. The molecule has 0 unspecified atom stereocenters. The lowest BCUT2D eigenvalue weighted by Crippen LogP contribution is -2.18. The smallest absolute Gasteiger partial charge is 0.305 e. The summed E-state index contributed by atoms with van der Waals surface area (Å²) in [4.78, 5) is 10.8. The van der Waals surface area contributed by atoms with Crippen molar-refractivity contribution >= 4 is 5.97 Å². The summed E-state index contributed by atoms with van der Waals surface area (Å²) >= 11 is 0. The number of hydrogen-bond donors (Lipinski definition) is 1. The van der Waals surface area contributed by atoms with Gasteiger partial charge in [0.1, 0.15) is 0 Å². The number of hydrogen-bond acceptors (Lipinski definition) is 3. The largest absolute Gasteiger partial charge is 0.466 e. The highest BCUT2D eigenvalue weighted by molar-refractivity contribution is 5.69. The highest BCUT2D eigenvalue weighted by Crippen LogP contribution is 1.91. The van der Waals surface area contributed by atoms with E-state index in [-0.39, 0.29) is 12.6 Å². The maximum atomic E-state index is 11.6.